The molecule has 2 heteroatoms. The van der Waals surface area contributed by atoms with E-state index in [1.807, 2.05) is 6.08 Å². The number of unbranched alkanes of at least 4 members (excludes halogenated alkanes) is 4. The van der Waals surface area contributed by atoms with Gasteiger partial charge in [0.15, 0.2) is 11.6 Å². The van der Waals surface area contributed by atoms with E-state index in [1.54, 1.807) is 12.1 Å². The number of benzene rings is 2. The number of halogens is 2. The van der Waals surface area contributed by atoms with E-state index in [9.17, 15) is 8.78 Å². The molecule has 0 bridgehead atoms. The van der Waals surface area contributed by atoms with Gasteiger partial charge in [-0.2, -0.15) is 0 Å². The highest BCUT2D eigenvalue weighted by Gasteiger charge is 2.28. The summed E-state index contributed by atoms with van der Waals surface area (Å²) < 4.78 is 28.0. The molecule has 3 rings (SSSR count). The predicted molar refractivity (Wildman–Crippen MR) is 133 cm³/mol. The monoisotopic (exact) mass is 436 g/mol. The van der Waals surface area contributed by atoms with Crippen LogP contribution < -0.4 is 0 Å². The van der Waals surface area contributed by atoms with Gasteiger partial charge in [0.1, 0.15) is 0 Å². The van der Waals surface area contributed by atoms with Crippen molar-refractivity contribution in [3.05, 3.63) is 89.0 Å². The lowest BCUT2D eigenvalue weighted by Crippen LogP contribution is -2.21. The first-order valence-corrected chi connectivity index (χ1v) is 12.5. The molecule has 0 aliphatic heterocycles. The van der Waals surface area contributed by atoms with Crippen LogP contribution >= 0.6 is 0 Å². The van der Waals surface area contributed by atoms with Crippen molar-refractivity contribution in [3.8, 4) is 0 Å². The topological polar surface area (TPSA) is 0 Å². The summed E-state index contributed by atoms with van der Waals surface area (Å²) in [5.41, 5.74) is 4.08. The Hall–Kier alpha value is -2.22. The van der Waals surface area contributed by atoms with Crippen molar-refractivity contribution in [2.45, 2.75) is 84.5 Å². The largest absolute Gasteiger partial charge is 0.204 e. The van der Waals surface area contributed by atoms with Gasteiger partial charge < -0.3 is 0 Å². The standard InChI is InChI=1S/C30H38F2/c1-3-5-7-10-24-13-15-25(16-14-24)17-21-30(20-8-6-4-2)22-18-26(19-23-30)27-11-9-12-28(31)29(27)32/h9,11-16,18-19,22H,3-8,10,17,20-21,23H2,1-2H3. The average Bonchev–Trinajstić information content (AvgIpc) is 2.81. The summed E-state index contributed by atoms with van der Waals surface area (Å²) in [6, 6.07) is 13.6. The molecule has 1 atom stereocenters. The minimum Gasteiger partial charge on any atom is -0.204 e. The number of aryl methyl sites for hydroxylation is 2. The molecule has 172 valence electrons. The third kappa shape index (κ3) is 6.64. The van der Waals surface area contributed by atoms with Gasteiger partial charge in [-0.3, -0.25) is 0 Å². The number of hydrogen-bond acceptors (Lipinski definition) is 0. The van der Waals surface area contributed by atoms with E-state index in [0.29, 0.717) is 5.56 Å². The van der Waals surface area contributed by atoms with Crippen LogP contribution in [0.5, 0.6) is 0 Å². The maximum Gasteiger partial charge on any atom is 0.166 e. The molecule has 1 aliphatic rings. The van der Waals surface area contributed by atoms with E-state index in [0.717, 1.165) is 31.3 Å². The summed E-state index contributed by atoms with van der Waals surface area (Å²) in [5.74, 6) is -1.53. The molecule has 2 aromatic carbocycles. The molecular weight excluding hydrogens is 398 g/mol. The Labute approximate surface area is 193 Å². The quantitative estimate of drug-likeness (QED) is 0.291. The number of hydrogen-bond donors (Lipinski definition) is 0. The number of allylic oxidation sites excluding steroid dienone is 4. The highest BCUT2D eigenvalue weighted by Crippen LogP contribution is 2.41. The Morgan fingerprint density at radius 3 is 2.12 bits per heavy atom. The fourth-order valence-corrected chi connectivity index (χ4v) is 4.71. The van der Waals surface area contributed by atoms with E-state index in [1.165, 1.54) is 62.1 Å². The van der Waals surface area contributed by atoms with Crippen molar-refractivity contribution in [2.75, 3.05) is 0 Å². The Morgan fingerprint density at radius 1 is 0.781 bits per heavy atom. The first-order chi connectivity index (χ1) is 15.6. The maximum absolute atomic E-state index is 14.3. The lowest BCUT2D eigenvalue weighted by atomic mass is 9.72. The van der Waals surface area contributed by atoms with Crippen LogP contribution in [0, 0.1) is 17.0 Å². The van der Waals surface area contributed by atoms with Gasteiger partial charge in [-0.15, -0.1) is 0 Å². The van der Waals surface area contributed by atoms with Crippen molar-refractivity contribution in [3.63, 3.8) is 0 Å². The lowest BCUT2D eigenvalue weighted by molar-refractivity contribution is 0.311. The van der Waals surface area contributed by atoms with Crippen LogP contribution in [-0.2, 0) is 12.8 Å². The van der Waals surface area contributed by atoms with Crippen molar-refractivity contribution < 1.29 is 8.78 Å². The molecule has 1 unspecified atom stereocenters. The van der Waals surface area contributed by atoms with Gasteiger partial charge in [0.25, 0.3) is 0 Å². The molecule has 0 nitrogen and oxygen atoms in total. The van der Waals surface area contributed by atoms with Crippen molar-refractivity contribution >= 4 is 5.57 Å². The van der Waals surface area contributed by atoms with E-state index < -0.39 is 11.6 Å². The molecule has 0 fully saturated rings. The van der Waals surface area contributed by atoms with Crippen molar-refractivity contribution in [1.82, 2.24) is 0 Å². The van der Waals surface area contributed by atoms with E-state index in [4.69, 9.17) is 0 Å². The predicted octanol–water partition coefficient (Wildman–Crippen LogP) is 9.24. The summed E-state index contributed by atoms with van der Waals surface area (Å²) in [6.07, 6.45) is 19.2. The van der Waals surface area contributed by atoms with Crippen LogP contribution in [0.3, 0.4) is 0 Å². The van der Waals surface area contributed by atoms with Crippen LogP contribution in [0.4, 0.5) is 8.78 Å². The normalized spacial score (nSPS) is 18.1. The number of rotatable bonds is 12. The summed E-state index contributed by atoms with van der Waals surface area (Å²) in [4.78, 5) is 0. The molecule has 2 aromatic rings. The zero-order valence-corrected chi connectivity index (χ0v) is 19.8. The highest BCUT2D eigenvalue weighted by atomic mass is 19.2. The first kappa shape index (κ1) is 24.4. The van der Waals surface area contributed by atoms with Gasteiger partial charge in [-0.05, 0) is 66.7 Å². The van der Waals surface area contributed by atoms with Crippen LogP contribution in [0.25, 0.3) is 5.57 Å². The zero-order valence-electron chi connectivity index (χ0n) is 19.8. The summed E-state index contributed by atoms with van der Waals surface area (Å²) >= 11 is 0. The van der Waals surface area contributed by atoms with E-state index in [-0.39, 0.29) is 5.41 Å². The van der Waals surface area contributed by atoms with E-state index >= 15 is 0 Å². The second-order valence-electron chi connectivity index (χ2n) is 9.39. The second kappa shape index (κ2) is 12.1. The zero-order chi connectivity index (χ0) is 22.8. The molecule has 0 amide bonds. The van der Waals surface area contributed by atoms with Gasteiger partial charge >= 0.3 is 0 Å². The fourth-order valence-electron chi connectivity index (χ4n) is 4.71. The van der Waals surface area contributed by atoms with Crippen LogP contribution in [0.2, 0.25) is 0 Å². The van der Waals surface area contributed by atoms with Crippen molar-refractivity contribution in [2.24, 2.45) is 5.41 Å². The minimum atomic E-state index is -0.783. The Morgan fingerprint density at radius 2 is 1.47 bits per heavy atom. The van der Waals surface area contributed by atoms with E-state index in [2.05, 4.69) is 50.3 Å². The highest BCUT2D eigenvalue weighted by molar-refractivity contribution is 5.75. The summed E-state index contributed by atoms with van der Waals surface area (Å²) in [5, 5.41) is 0. The third-order valence-electron chi connectivity index (χ3n) is 6.89. The minimum absolute atomic E-state index is 0.0995. The van der Waals surface area contributed by atoms with Crippen molar-refractivity contribution in [1.29, 1.82) is 0 Å². The smallest absolute Gasteiger partial charge is 0.166 e. The Balaban J connectivity index is 1.67. The summed E-state index contributed by atoms with van der Waals surface area (Å²) in [7, 11) is 0. The SMILES string of the molecule is CCCCCc1ccc(CCC2(CCCCC)C=CC(c3cccc(F)c3F)=CC2)cc1. The maximum atomic E-state index is 14.3. The Bertz CT molecular complexity index is 907. The molecule has 0 radical (unpaired) electrons. The molecule has 1 aliphatic carbocycles. The first-order valence-electron chi connectivity index (χ1n) is 12.5. The summed E-state index contributed by atoms with van der Waals surface area (Å²) in [6.45, 7) is 4.47. The molecule has 0 saturated heterocycles. The third-order valence-corrected chi connectivity index (χ3v) is 6.89. The molecule has 0 N–H and O–H groups in total. The second-order valence-corrected chi connectivity index (χ2v) is 9.39. The molecule has 0 saturated carbocycles. The molecule has 0 heterocycles. The van der Waals surface area contributed by atoms with Gasteiger partial charge in [-0.1, -0.05) is 101 Å². The molecular formula is C30H38F2. The molecule has 0 aromatic heterocycles. The fraction of sp³-hybridized carbons (Fsp3) is 0.467. The van der Waals surface area contributed by atoms with Gasteiger partial charge in [0.05, 0.1) is 0 Å². The molecule has 0 spiro atoms. The van der Waals surface area contributed by atoms with Crippen LogP contribution in [0.1, 0.15) is 88.3 Å². The molecule has 32 heavy (non-hydrogen) atoms. The van der Waals surface area contributed by atoms with Crippen LogP contribution in [0.15, 0.2) is 60.7 Å². The van der Waals surface area contributed by atoms with Gasteiger partial charge in [-0.25, -0.2) is 8.78 Å². The van der Waals surface area contributed by atoms with Gasteiger partial charge in [0.2, 0.25) is 0 Å². The average molecular weight is 437 g/mol. The lowest BCUT2D eigenvalue weighted by Gasteiger charge is -2.33. The van der Waals surface area contributed by atoms with Gasteiger partial charge in [0, 0.05) is 5.56 Å². The Kier molecular flexibility index (Phi) is 9.26. The van der Waals surface area contributed by atoms with Crippen LogP contribution in [-0.4, -0.2) is 0 Å².